The molecule has 1 amide bonds. The van der Waals surface area contributed by atoms with Gasteiger partial charge in [0.15, 0.2) is 5.58 Å². The van der Waals surface area contributed by atoms with E-state index >= 15 is 0 Å². The number of oxazole rings is 1. The zero-order chi connectivity index (χ0) is 24.5. The first kappa shape index (κ1) is 23.5. The molecule has 5 aromatic rings. The van der Waals surface area contributed by atoms with Crippen molar-refractivity contribution in [2.75, 3.05) is 5.32 Å². The van der Waals surface area contributed by atoms with Gasteiger partial charge < -0.3 is 14.2 Å². The number of nitrogens with one attached hydrogen (secondary N) is 1. The highest BCUT2D eigenvalue weighted by molar-refractivity contribution is 6.36. The Kier molecular flexibility index (Phi) is 6.58. The summed E-state index contributed by atoms with van der Waals surface area (Å²) in [4.78, 5) is 16.9. The van der Waals surface area contributed by atoms with E-state index in [-0.39, 0.29) is 5.91 Å². The molecule has 0 spiro atoms. The smallest absolute Gasteiger partial charge is 0.248 e. The van der Waals surface area contributed by atoms with E-state index in [9.17, 15) is 4.79 Å². The lowest BCUT2D eigenvalue weighted by Crippen LogP contribution is -2.07. The molecule has 0 aliphatic heterocycles. The second kappa shape index (κ2) is 9.80. The average Bonchev–Trinajstić information content (AvgIpc) is 3.44. The first-order valence-electron chi connectivity index (χ1n) is 10.3. The van der Waals surface area contributed by atoms with Gasteiger partial charge >= 0.3 is 0 Å². The summed E-state index contributed by atoms with van der Waals surface area (Å²) in [6.07, 6.45) is 2.94. The fourth-order valence-corrected chi connectivity index (χ4v) is 4.43. The van der Waals surface area contributed by atoms with Crippen molar-refractivity contribution < 1.29 is 13.6 Å². The summed E-state index contributed by atoms with van der Waals surface area (Å²) < 4.78 is 11.6. The van der Waals surface area contributed by atoms with Crippen molar-refractivity contribution in [1.82, 2.24) is 4.98 Å². The normalized spacial score (nSPS) is 11.4. The summed E-state index contributed by atoms with van der Waals surface area (Å²) in [7, 11) is 0. The maximum absolute atomic E-state index is 12.4. The molecule has 35 heavy (non-hydrogen) atoms. The van der Waals surface area contributed by atoms with Gasteiger partial charge in [0, 0.05) is 32.4 Å². The number of anilines is 1. The third kappa shape index (κ3) is 5.39. The van der Waals surface area contributed by atoms with Gasteiger partial charge in [-0.05, 0) is 72.8 Å². The molecule has 0 bridgehead atoms. The first-order valence-corrected chi connectivity index (χ1v) is 11.8. The maximum atomic E-state index is 12.4. The van der Waals surface area contributed by atoms with Crippen molar-refractivity contribution in [3.8, 4) is 22.8 Å². The molecule has 174 valence electrons. The van der Waals surface area contributed by atoms with E-state index < -0.39 is 0 Å². The Bertz CT molecular complexity index is 1580. The van der Waals surface area contributed by atoms with Crippen molar-refractivity contribution >= 4 is 75.2 Å². The molecule has 9 heteroatoms. The van der Waals surface area contributed by atoms with Gasteiger partial charge in [0.05, 0.1) is 10.6 Å². The fourth-order valence-electron chi connectivity index (χ4n) is 3.42. The van der Waals surface area contributed by atoms with Crippen LogP contribution in [0.5, 0.6) is 0 Å². The van der Waals surface area contributed by atoms with Gasteiger partial charge in [-0.1, -0.05) is 46.4 Å². The Balaban J connectivity index is 1.29. The third-order valence-corrected chi connectivity index (χ3v) is 5.97. The fraction of sp³-hybridized carbons (Fsp3) is 0. The summed E-state index contributed by atoms with van der Waals surface area (Å²) in [5.74, 6) is 1.11. The Morgan fingerprint density at radius 1 is 0.829 bits per heavy atom. The van der Waals surface area contributed by atoms with E-state index in [1.807, 2.05) is 0 Å². The molecule has 0 aliphatic carbocycles. The second-order valence-electron chi connectivity index (χ2n) is 7.51. The van der Waals surface area contributed by atoms with Crippen LogP contribution in [0.3, 0.4) is 0 Å². The van der Waals surface area contributed by atoms with Crippen LogP contribution in [-0.4, -0.2) is 10.9 Å². The molecule has 0 atom stereocenters. The highest BCUT2D eigenvalue weighted by atomic mass is 35.5. The molecule has 1 N–H and O–H groups in total. The molecular weight excluding hydrogens is 530 g/mol. The maximum Gasteiger partial charge on any atom is 0.248 e. The van der Waals surface area contributed by atoms with Gasteiger partial charge in [0.2, 0.25) is 11.8 Å². The van der Waals surface area contributed by atoms with Crippen molar-refractivity contribution in [2.24, 2.45) is 0 Å². The molecule has 0 aliphatic rings. The van der Waals surface area contributed by atoms with E-state index in [4.69, 9.17) is 55.2 Å². The molecule has 0 fully saturated rings. The number of hydrogen-bond acceptors (Lipinski definition) is 4. The van der Waals surface area contributed by atoms with Gasteiger partial charge in [-0.25, -0.2) is 4.98 Å². The van der Waals surface area contributed by atoms with Crippen LogP contribution in [0, 0.1) is 0 Å². The third-order valence-electron chi connectivity index (χ3n) is 4.99. The SMILES string of the molecule is O=C(/C=C/c1ccc(-c2cc(Cl)cc(Cl)c2)o1)Nc1ccc2oc(-c3ccc(Cl)cc3Cl)nc2c1. The molecule has 0 radical (unpaired) electrons. The lowest BCUT2D eigenvalue weighted by Gasteiger charge is -2.01. The minimum absolute atomic E-state index is 0.336. The number of nitrogens with zero attached hydrogens (tertiary/aromatic N) is 1. The van der Waals surface area contributed by atoms with Crippen LogP contribution in [-0.2, 0) is 4.79 Å². The quantitative estimate of drug-likeness (QED) is 0.224. The first-order chi connectivity index (χ1) is 16.8. The Hall–Kier alpha value is -3.22. The second-order valence-corrected chi connectivity index (χ2v) is 9.22. The van der Waals surface area contributed by atoms with Crippen LogP contribution in [0.15, 0.2) is 81.6 Å². The number of halogens is 4. The van der Waals surface area contributed by atoms with E-state index in [0.29, 0.717) is 59.9 Å². The Morgan fingerprint density at radius 3 is 2.40 bits per heavy atom. The number of rotatable bonds is 5. The molecule has 0 saturated carbocycles. The van der Waals surface area contributed by atoms with Crippen molar-refractivity contribution in [3.05, 3.63) is 98.7 Å². The van der Waals surface area contributed by atoms with Crippen LogP contribution >= 0.6 is 46.4 Å². The summed E-state index contributed by atoms with van der Waals surface area (Å²) in [5.41, 5.74) is 3.06. The zero-order valence-corrected chi connectivity index (χ0v) is 20.7. The number of carbonyl (C=O) groups is 1. The number of benzene rings is 3. The minimum Gasteiger partial charge on any atom is -0.457 e. The summed E-state index contributed by atoms with van der Waals surface area (Å²) in [6.45, 7) is 0. The number of fused-ring (bicyclic) bond motifs is 1. The van der Waals surface area contributed by atoms with E-state index in [0.717, 1.165) is 5.56 Å². The standard InChI is InChI=1S/C26H14Cl4N2O3/c27-15-1-5-20(21(30)12-15)26-32-22-13-18(2-6-24(22)35-26)31-25(33)8-4-19-3-7-23(34-19)14-9-16(28)11-17(29)10-14/h1-13H,(H,31,33)/b8-4+. The molecule has 3 aromatic carbocycles. The van der Waals surface area contributed by atoms with E-state index in [1.165, 1.54) is 6.08 Å². The van der Waals surface area contributed by atoms with Gasteiger partial charge in [0.1, 0.15) is 17.0 Å². The number of aromatic nitrogens is 1. The van der Waals surface area contributed by atoms with Crippen LogP contribution < -0.4 is 5.32 Å². The zero-order valence-electron chi connectivity index (χ0n) is 17.7. The molecule has 5 nitrogen and oxygen atoms in total. The minimum atomic E-state index is -0.336. The Morgan fingerprint density at radius 2 is 1.63 bits per heavy atom. The van der Waals surface area contributed by atoms with Gasteiger partial charge in [-0.3, -0.25) is 4.79 Å². The van der Waals surface area contributed by atoms with Crippen molar-refractivity contribution in [2.45, 2.75) is 0 Å². The lowest BCUT2D eigenvalue weighted by atomic mass is 10.2. The highest BCUT2D eigenvalue weighted by Crippen LogP contribution is 2.33. The largest absolute Gasteiger partial charge is 0.457 e. The Labute approximate surface area is 219 Å². The molecule has 5 rings (SSSR count). The monoisotopic (exact) mass is 542 g/mol. The molecule has 2 heterocycles. The predicted molar refractivity (Wildman–Crippen MR) is 141 cm³/mol. The van der Waals surface area contributed by atoms with Crippen molar-refractivity contribution in [3.63, 3.8) is 0 Å². The van der Waals surface area contributed by atoms with Gasteiger partial charge in [0.25, 0.3) is 0 Å². The van der Waals surface area contributed by atoms with E-state index in [1.54, 1.807) is 72.8 Å². The summed E-state index contributed by atoms with van der Waals surface area (Å²) in [5, 5.41) is 4.77. The van der Waals surface area contributed by atoms with Gasteiger partial charge in [-0.15, -0.1) is 0 Å². The van der Waals surface area contributed by atoms with Crippen LogP contribution in [0.4, 0.5) is 5.69 Å². The number of hydrogen-bond donors (Lipinski definition) is 1. The molecule has 0 saturated heterocycles. The number of amides is 1. The molecule has 2 aromatic heterocycles. The molecular formula is C26H14Cl4N2O3. The topological polar surface area (TPSA) is 68.3 Å². The average molecular weight is 544 g/mol. The molecule has 0 unspecified atom stereocenters. The summed E-state index contributed by atoms with van der Waals surface area (Å²) >= 11 is 24.3. The lowest BCUT2D eigenvalue weighted by molar-refractivity contribution is -0.111. The van der Waals surface area contributed by atoms with Crippen molar-refractivity contribution in [1.29, 1.82) is 0 Å². The predicted octanol–water partition coefficient (Wildman–Crippen LogP) is 9.02. The van der Waals surface area contributed by atoms with Gasteiger partial charge in [-0.2, -0.15) is 0 Å². The van der Waals surface area contributed by atoms with Crippen LogP contribution in [0.1, 0.15) is 5.76 Å². The van der Waals surface area contributed by atoms with Crippen LogP contribution in [0.25, 0.3) is 40.0 Å². The van der Waals surface area contributed by atoms with E-state index in [2.05, 4.69) is 10.3 Å². The highest BCUT2D eigenvalue weighted by Gasteiger charge is 2.13. The van der Waals surface area contributed by atoms with Crippen LogP contribution in [0.2, 0.25) is 20.1 Å². The summed E-state index contributed by atoms with van der Waals surface area (Å²) in [6, 6.07) is 18.9. The number of carbonyl (C=O) groups excluding carboxylic acids is 1. The number of furan rings is 1.